The topological polar surface area (TPSA) is 106 Å². The van der Waals surface area contributed by atoms with E-state index >= 15 is 0 Å². The Bertz CT molecular complexity index is 379. The van der Waals surface area contributed by atoms with Crippen molar-refractivity contribution in [3.8, 4) is 0 Å². The normalized spacial score (nSPS) is 9.56. The Hall–Kier alpha value is -1.83. The number of thiazole rings is 1. The standard InChI is InChI=1S/C8H12N4O3S/c1-15-6(13)5-4-16-8(12-5)11-3-2-10-7(9)14/h4H,2-3H2,1H3,(H,11,12)(H3,9,10,14). The van der Waals surface area contributed by atoms with Gasteiger partial charge in [0.15, 0.2) is 10.8 Å². The Labute approximate surface area is 96.0 Å². The number of nitrogens with one attached hydrogen (secondary N) is 2. The van der Waals surface area contributed by atoms with Crippen molar-refractivity contribution in [3.05, 3.63) is 11.1 Å². The van der Waals surface area contributed by atoms with E-state index in [0.29, 0.717) is 18.2 Å². The van der Waals surface area contributed by atoms with Gasteiger partial charge >= 0.3 is 12.0 Å². The minimum atomic E-state index is -0.573. The van der Waals surface area contributed by atoms with Crippen molar-refractivity contribution in [2.75, 3.05) is 25.5 Å². The van der Waals surface area contributed by atoms with Crippen molar-refractivity contribution >= 4 is 28.5 Å². The fraction of sp³-hybridized carbons (Fsp3) is 0.375. The third-order valence-electron chi connectivity index (χ3n) is 1.60. The highest BCUT2D eigenvalue weighted by Crippen LogP contribution is 2.15. The van der Waals surface area contributed by atoms with Gasteiger partial charge < -0.3 is 21.1 Å². The summed E-state index contributed by atoms with van der Waals surface area (Å²) >= 11 is 1.29. The first-order chi connectivity index (χ1) is 7.63. The molecule has 16 heavy (non-hydrogen) atoms. The largest absolute Gasteiger partial charge is 0.464 e. The summed E-state index contributed by atoms with van der Waals surface area (Å²) in [5.74, 6) is -0.473. The molecule has 0 aliphatic rings. The number of hydrogen-bond donors (Lipinski definition) is 3. The van der Waals surface area contributed by atoms with Gasteiger partial charge in [-0.05, 0) is 0 Å². The van der Waals surface area contributed by atoms with Crippen LogP contribution in [0.25, 0.3) is 0 Å². The number of rotatable bonds is 5. The molecule has 1 aromatic rings. The van der Waals surface area contributed by atoms with Crippen LogP contribution < -0.4 is 16.4 Å². The monoisotopic (exact) mass is 244 g/mol. The number of anilines is 1. The Balaban J connectivity index is 2.35. The predicted molar refractivity (Wildman–Crippen MR) is 59.5 cm³/mol. The van der Waals surface area contributed by atoms with E-state index in [1.54, 1.807) is 5.38 Å². The van der Waals surface area contributed by atoms with Crippen molar-refractivity contribution < 1.29 is 14.3 Å². The fourth-order valence-corrected chi connectivity index (χ4v) is 1.62. The lowest BCUT2D eigenvalue weighted by Crippen LogP contribution is -2.33. The van der Waals surface area contributed by atoms with Crippen LogP contribution in [0.2, 0.25) is 0 Å². The second-order valence-corrected chi connectivity index (χ2v) is 3.61. The van der Waals surface area contributed by atoms with Crippen molar-refractivity contribution in [2.24, 2.45) is 5.73 Å². The molecule has 0 spiro atoms. The quantitative estimate of drug-likeness (QED) is 0.499. The van der Waals surface area contributed by atoms with E-state index in [9.17, 15) is 9.59 Å². The molecule has 0 fully saturated rings. The smallest absolute Gasteiger partial charge is 0.357 e. The number of urea groups is 1. The maximum Gasteiger partial charge on any atom is 0.357 e. The van der Waals surface area contributed by atoms with Gasteiger partial charge in [0.1, 0.15) is 0 Å². The van der Waals surface area contributed by atoms with Crippen LogP contribution in [-0.4, -0.2) is 37.2 Å². The molecule has 4 N–H and O–H groups in total. The van der Waals surface area contributed by atoms with E-state index in [4.69, 9.17) is 5.73 Å². The Morgan fingerprint density at radius 1 is 1.56 bits per heavy atom. The lowest BCUT2D eigenvalue weighted by molar-refractivity contribution is 0.0595. The highest BCUT2D eigenvalue weighted by atomic mass is 32.1. The van der Waals surface area contributed by atoms with Crippen LogP contribution in [0.5, 0.6) is 0 Å². The van der Waals surface area contributed by atoms with Gasteiger partial charge in [0.2, 0.25) is 0 Å². The molecule has 0 saturated heterocycles. The first-order valence-electron chi connectivity index (χ1n) is 4.44. The maximum atomic E-state index is 11.1. The molecule has 0 bridgehead atoms. The molecule has 1 rings (SSSR count). The number of ether oxygens (including phenoxy) is 1. The zero-order valence-corrected chi connectivity index (χ0v) is 9.47. The van der Waals surface area contributed by atoms with E-state index < -0.39 is 12.0 Å². The molecule has 0 radical (unpaired) electrons. The molecule has 0 aliphatic carbocycles. The first-order valence-corrected chi connectivity index (χ1v) is 5.32. The van der Waals surface area contributed by atoms with Crippen LogP contribution in [-0.2, 0) is 4.74 Å². The van der Waals surface area contributed by atoms with Gasteiger partial charge in [-0.15, -0.1) is 11.3 Å². The SMILES string of the molecule is COC(=O)c1csc(NCCNC(N)=O)n1. The van der Waals surface area contributed by atoms with Crippen LogP contribution in [0.3, 0.4) is 0 Å². The fourth-order valence-electron chi connectivity index (χ4n) is 0.908. The van der Waals surface area contributed by atoms with Crippen molar-refractivity contribution in [2.45, 2.75) is 0 Å². The van der Waals surface area contributed by atoms with Gasteiger partial charge in [-0.2, -0.15) is 0 Å². The number of nitrogens with zero attached hydrogens (tertiary/aromatic N) is 1. The molecule has 0 saturated carbocycles. The van der Waals surface area contributed by atoms with Crippen LogP contribution in [0.4, 0.5) is 9.93 Å². The molecule has 8 heteroatoms. The summed E-state index contributed by atoms with van der Waals surface area (Å²) < 4.78 is 4.51. The lowest BCUT2D eigenvalue weighted by Gasteiger charge is -2.02. The first kappa shape index (κ1) is 12.2. The summed E-state index contributed by atoms with van der Waals surface area (Å²) in [7, 11) is 1.30. The van der Waals surface area contributed by atoms with Crippen molar-refractivity contribution in [1.29, 1.82) is 0 Å². The maximum absolute atomic E-state index is 11.1. The summed E-state index contributed by atoms with van der Waals surface area (Å²) in [6, 6.07) is -0.573. The van der Waals surface area contributed by atoms with Crippen molar-refractivity contribution in [3.63, 3.8) is 0 Å². The summed E-state index contributed by atoms with van der Waals surface area (Å²) in [6.45, 7) is 0.875. The number of aromatic nitrogens is 1. The van der Waals surface area contributed by atoms with Crippen LogP contribution in [0.15, 0.2) is 5.38 Å². The summed E-state index contributed by atoms with van der Waals surface area (Å²) in [5, 5.41) is 7.53. The zero-order chi connectivity index (χ0) is 12.0. The zero-order valence-electron chi connectivity index (χ0n) is 8.65. The van der Waals surface area contributed by atoms with Crippen LogP contribution in [0, 0.1) is 0 Å². The molecule has 0 atom stereocenters. The Morgan fingerprint density at radius 2 is 2.31 bits per heavy atom. The Kier molecular flexibility index (Phi) is 4.52. The molecule has 1 heterocycles. The molecule has 2 amide bonds. The highest BCUT2D eigenvalue weighted by molar-refractivity contribution is 7.13. The van der Waals surface area contributed by atoms with Gasteiger partial charge in [-0.25, -0.2) is 14.6 Å². The summed E-state index contributed by atoms with van der Waals surface area (Å²) in [6.07, 6.45) is 0. The average molecular weight is 244 g/mol. The van der Waals surface area contributed by atoms with Crippen LogP contribution in [0.1, 0.15) is 10.5 Å². The minimum Gasteiger partial charge on any atom is -0.464 e. The molecule has 0 aliphatic heterocycles. The average Bonchev–Trinajstić information content (AvgIpc) is 2.71. The molecular weight excluding hydrogens is 232 g/mol. The molecule has 0 unspecified atom stereocenters. The van der Waals surface area contributed by atoms with Gasteiger partial charge in [0.25, 0.3) is 0 Å². The molecule has 0 aromatic carbocycles. The van der Waals surface area contributed by atoms with E-state index in [1.165, 1.54) is 18.4 Å². The number of carbonyl (C=O) groups is 2. The van der Waals surface area contributed by atoms with Crippen LogP contribution >= 0.6 is 11.3 Å². The molecule has 1 aromatic heterocycles. The van der Waals surface area contributed by atoms with E-state index in [2.05, 4.69) is 20.4 Å². The van der Waals surface area contributed by atoms with Gasteiger partial charge in [0, 0.05) is 18.5 Å². The number of esters is 1. The Morgan fingerprint density at radius 3 is 2.94 bits per heavy atom. The number of methoxy groups -OCH3 is 1. The lowest BCUT2D eigenvalue weighted by atomic mass is 10.5. The van der Waals surface area contributed by atoms with Gasteiger partial charge in [-0.1, -0.05) is 0 Å². The van der Waals surface area contributed by atoms with Gasteiger partial charge in [0.05, 0.1) is 7.11 Å². The summed E-state index contributed by atoms with van der Waals surface area (Å²) in [5.41, 5.74) is 5.14. The predicted octanol–water partition coefficient (Wildman–Crippen LogP) is 0.00990. The second kappa shape index (κ2) is 5.91. The molecule has 88 valence electrons. The second-order valence-electron chi connectivity index (χ2n) is 2.75. The number of amides is 2. The third kappa shape index (κ3) is 3.73. The minimum absolute atomic E-state index is 0.262. The molecular formula is C8H12N4O3S. The van der Waals surface area contributed by atoms with E-state index in [0.717, 1.165) is 0 Å². The van der Waals surface area contributed by atoms with Gasteiger partial charge in [-0.3, -0.25) is 0 Å². The highest BCUT2D eigenvalue weighted by Gasteiger charge is 2.09. The van der Waals surface area contributed by atoms with Crippen molar-refractivity contribution in [1.82, 2.24) is 10.3 Å². The number of hydrogen-bond acceptors (Lipinski definition) is 6. The van der Waals surface area contributed by atoms with E-state index in [1.807, 2.05) is 0 Å². The molecule has 7 nitrogen and oxygen atoms in total. The number of primary amides is 1. The third-order valence-corrected chi connectivity index (χ3v) is 2.40. The number of nitrogens with two attached hydrogens (primary N) is 1. The summed E-state index contributed by atoms with van der Waals surface area (Å²) in [4.78, 5) is 25.4. The number of carbonyl (C=O) groups excluding carboxylic acids is 2. The van der Waals surface area contributed by atoms with E-state index in [-0.39, 0.29) is 5.69 Å².